The summed E-state index contributed by atoms with van der Waals surface area (Å²) in [6, 6.07) is 9.17. The van der Waals surface area contributed by atoms with E-state index in [4.69, 9.17) is 5.26 Å². The molecule has 0 aliphatic heterocycles. The van der Waals surface area contributed by atoms with Crippen LogP contribution in [0, 0.1) is 18.3 Å². The first-order valence-electron chi connectivity index (χ1n) is 4.70. The monoisotopic (exact) mass is 198 g/mol. The van der Waals surface area contributed by atoms with E-state index in [-0.39, 0.29) is 12.0 Å². The number of nitriles is 1. The van der Waals surface area contributed by atoms with Gasteiger partial charge in [-0.3, -0.25) is 4.79 Å². The molecule has 0 amide bonds. The number of aromatic nitrogens is 1. The Morgan fingerprint density at radius 2 is 2.20 bits per heavy atom. The fourth-order valence-electron chi connectivity index (χ4n) is 1.77. The molecule has 0 saturated heterocycles. The van der Waals surface area contributed by atoms with Gasteiger partial charge < -0.3 is 4.57 Å². The van der Waals surface area contributed by atoms with Gasteiger partial charge in [-0.1, -0.05) is 12.1 Å². The van der Waals surface area contributed by atoms with Crippen molar-refractivity contribution in [2.24, 2.45) is 0 Å². The number of benzene rings is 1. The lowest BCUT2D eigenvalue weighted by atomic mass is 10.1. The van der Waals surface area contributed by atoms with Gasteiger partial charge in [0.25, 0.3) is 0 Å². The van der Waals surface area contributed by atoms with Crippen LogP contribution in [0.5, 0.6) is 0 Å². The maximum absolute atomic E-state index is 11.6. The van der Waals surface area contributed by atoms with E-state index >= 15 is 0 Å². The molecule has 0 N–H and O–H groups in total. The molecule has 0 atom stereocenters. The first kappa shape index (κ1) is 9.47. The highest BCUT2D eigenvalue weighted by molar-refractivity contribution is 5.81. The second kappa shape index (κ2) is 3.58. The van der Waals surface area contributed by atoms with Gasteiger partial charge in [0.2, 0.25) is 0 Å². The molecule has 0 bridgehead atoms. The zero-order valence-corrected chi connectivity index (χ0v) is 8.40. The van der Waals surface area contributed by atoms with Gasteiger partial charge in [0.05, 0.1) is 11.6 Å². The lowest BCUT2D eigenvalue weighted by Gasteiger charge is -2.08. The van der Waals surface area contributed by atoms with Crippen molar-refractivity contribution in [1.29, 1.82) is 5.26 Å². The van der Waals surface area contributed by atoms with Crippen LogP contribution in [0.25, 0.3) is 10.9 Å². The molecule has 2 rings (SSSR count). The van der Waals surface area contributed by atoms with E-state index in [1.165, 1.54) is 6.07 Å². The molecular weight excluding hydrogens is 188 g/mol. The zero-order valence-electron chi connectivity index (χ0n) is 8.40. The summed E-state index contributed by atoms with van der Waals surface area (Å²) >= 11 is 0. The molecule has 1 aromatic heterocycles. The minimum atomic E-state index is 0.00268. The largest absolute Gasteiger partial charge is 0.333 e. The van der Waals surface area contributed by atoms with Crippen molar-refractivity contribution < 1.29 is 0 Å². The van der Waals surface area contributed by atoms with Gasteiger partial charge in [-0.25, -0.2) is 0 Å². The summed E-state index contributed by atoms with van der Waals surface area (Å²) in [6.45, 7) is 2.21. The number of aryl methyl sites for hydroxylation is 1. The summed E-state index contributed by atoms with van der Waals surface area (Å²) in [5.41, 5.74) is 1.87. The van der Waals surface area contributed by atoms with Crippen molar-refractivity contribution in [3.05, 3.63) is 46.2 Å². The summed E-state index contributed by atoms with van der Waals surface area (Å²) in [6.07, 6.45) is 1.67. The van der Waals surface area contributed by atoms with Gasteiger partial charge in [-0.2, -0.15) is 5.26 Å². The van der Waals surface area contributed by atoms with Crippen LogP contribution in [0.1, 0.15) is 5.56 Å². The van der Waals surface area contributed by atoms with E-state index in [0.29, 0.717) is 5.39 Å². The second-order valence-electron chi connectivity index (χ2n) is 3.44. The Bertz CT molecular complexity index is 605. The van der Waals surface area contributed by atoms with E-state index < -0.39 is 0 Å². The Labute approximate surface area is 87.2 Å². The predicted octanol–water partition coefficient (Wildman–Crippen LogP) is 1.83. The van der Waals surface area contributed by atoms with Crippen LogP contribution in [0.3, 0.4) is 0 Å². The minimum Gasteiger partial charge on any atom is -0.333 e. The number of rotatable bonds is 1. The number of hydrogen-bond acceptors (Lipinski definition) is 2. The van der Waals surface area contributed by atoms with Gasteiger partial charge in [0, 0.05) is 17.6 Å². The molecule has 0 spiro atoms. The van der Waals surface area contributed by atoms with E-state index in [9.17, 15) is 4.79 Å². The third-order valence-electron chi connectivity index (χ3n) is 2.44. The van der Waals surface area contributed by atoms with Crippen molar-refractivity contribution in [3.63, 3.8) is 0 Å². The van der Waals surface area contributed by atoms with E-state index in [2.05, 4.69) is 6.07 Å². The lowest BCUT2D eigenvalue weighted by Crippen LogP contribution is -2.08. The van der Waals surface area contributed by atoms with Crippen LogP contribution < -0.4 is 5.43 Å². The second-order valence-corrected chi connectivity index (χ2v) is 3.44. The standard InChI is InChI=1S/C12H10N2O/c1-9-3-2-4-10-11(15)5-7-14(8-6-13)12(9)10/h2-5,7H,8H2,1H3. The van der Waals surface area contributed by atoms with Gasteiger partial charge in [-0.15, -0.1) is 0 Å². The molecule has 0 radical (unpaired) electrons. The maximum Gasteiger partial charge on any atom is 0.189 e. The summed E-state index contributed by atoms with van der Waals surface area (Å²) in [4.78, 5) is 11.6. The zero-order chi connectivity index (χ0) is 10.8. The number of para-hydroxylation sites is 1. The molecule has 0 aliphatic rings. The molecule has 3 nitrogen and oxygen atoms in total. The quantitative estimate of drug-likeness (QED) is 0.701. The fraction of sp³-hybridized carbons (Fsp3) is 0.167. The van der Waals surface area contributed by atoms with Crippen molar-refractivity contribution >= 4 is 10.9 Å². The minimum absolute atomic E-state index is 0.00268. The van der Waals surface area contributed by atoms with Crippen molar-refractivity contribution in [1.82, 2.24) is 4.57 Å². The van der Waals surface area contributed by atoms with Crippen LogP contribution >= 0.6 is 0 Å². The summed E-state index contributed by atoms with van der Waals surface area (Å²) < 4.78 is 1.80. The van der Waals surface area contributed by atoms with Crippen LogP contribution in [0.4, 0.5) is 0 Å². The molecule has 1 heterocycles. The number of pyridine rings is 1. The topological polar surface area (TPSA) is 45.8 Å². The Morgan fingerprint density at radius 1 is 1.40 bits per heavy atom. The highest BCUT2D eigenvalue weighted by Crippen LogP contribution is 2.14. The van der Waals surface area contributed by atoms with Crippen LogP contribution in [-0.4, -0.2) is 4.57 Å². The van der Waals surface area contributed by atoms with E-state index in [0.717, 1.165) is 11.1 Å². The maximum atomic E-state index is 11.6. The first-order chi connectivity index (χ1) is 7.24. The van der Waals surface area contributed by atoms with E-state index in [1.807, 2.05) is 19.1 Å². The summed E-state index contributed by atoms with van der Waals surface area (Å²) in [5, 5.41) is 9.36. The highest BCUT2D eigenvalue weighted by Gasteiger charge is 2.04. The summed E-state index contributed by atoms with van der Waals surface area (Å²) in [7, 11) is 0. The van der Waals surface area contributed by atoms with Crippen LogP contribution in [0.15, 0.2) is 35.3 Å². The molecule has 3 heteroatoms. The first-order valence-corrected chi connectivity index (χ1v) is 4.70. The predicted molar refractivity (Wildman–Crippen MR) is 58.6 cm³/mol. The van der Waals surface area contributed by atoms with Crippen molar-refractivity contribution in [3.8, 4) is 6.07 Å². The van der Waals surface area contributed by atoms with Gasteiger partial charge in [0.1, 0.15) is 6.54 Å². The third kappa shape index (κ3) is 1.50. The molecule has 0 fully saturated rings. The third-order valence-corrected chi connectivity index (χ3v) is 2.44. The molecule has 0 saturated carbocycles. The number of fused-ring (bicyclic) bond motifs is 1. The summed E-state index contributed by atoms with van der Waals surface area (Å²) in [5.74, 6) is 0. The SMILES string of the molecule is Cc1cccc2c(=O)ccn(CC#N)c12. The van der Waals surface area contributed by atoms with Crippen molar-refractivity contribution in [2.75, 3.05) is 0 Å². The molecule has 15 heavy (non-hydrogen) atoms. The number of nitrogens with zero attached hydrogens (tertiary/aromatic N) is 2. The van der Waals surface area contributed by atoms with E-state index in [1.54, 1.807) is 16.8 Å². The molecule has 1 aromatic carbocycles. The molecule has 0 aliphatic carbocycles. The Balaban J connectivity index is 2.91. The average Bonchev–Trinajstić information content (AvgIpc) is 2.23. The Hall–Kier alpha value is -2.08. The molecular formula is C12H10N2O. The van der Waals surface area contributed by atoms with Crippen LogP contribution in [0.2, 0.25) is 0 Å². The van der Waals surface area contributed by atoms with Gasteiger partial charge >= 0.3 is 0 Å². The Kier molecular flexibility index (Phi) is 2.26. The van der Waals surface area contributed by atoms with Crippen molar-refractivity contribution in [2.45, 2.75) is 13.5 Å². The lowest BCUT2D eigenvalue weighted by molar-refractivity contribution is 0.858. The van der Waals surface area contributed by atoms with Crippen LogP contribution in [-0.2, 0) is 6.54 Å². The number of hydrogen-bond donors (Lipinski definition) is 0. The normalized spacial score (nSPS) is 10.1. The molecule has 2 aromatic rings. The average molecular weight is 198 g/mol. The fourth-order valence-corrected chi connectivity index (χ4v) is 1.77. The highest BCUT2D eigenvalue weighted by atomic mass is 16.1. The smallest absolute Gasteiger partial charge is 0.189 e. The Morgan fingerprint density at radius 3 is 2.93 bits per heavy atom. The molecule has 0 unspecified atom stereocenters. The molecule has 74 valence electrons. The van der Waals surface area contributed by atoms with Gasteiger partial charge in [-0.05, 0) is 18.6 Å². The van der Waals surface area contributed by atoms with Gasteiger partial charge in [0.15, 0.2) is 5.43 Å².